The standard InChI is InChI=1S/C27H37NO15/c1-9-10-35-26-20(28-13(3)29)23(40-16(6)32)22(39-15(5)31)19(43-26)11-36-27-25(42-18(8)34)24(41-17(7)33)21(12(2)37-27)38-14(4)30/h1,12,19-27H,10-11H2,2-8H3,(H,28,29)/t12-,19+,20+,21+,22+,23+,24+,25-,26+,27+/m0/s1. The molecular weight excluding hydrogens is 578 g/mol. The van der Waals surface area contributed by atoms with Crippen molar-refractivity contribution < 1.29 is 71.4 Å². The van der Waals surface area contributed by atoms with Crippen molar-refractivity contribution in [3.05, 3.63) is 0 Å². The van der Waals surface area contributed by atoms with Crippen molar-refractivity contribution in [3.8, 4) is 12.3 Å². The van der Waals surface area contributed by atoms with Gasteiger partial charge < -0.3 is 47.9 Å². The van der Waals surface area contributed by atoms with Gasteiger partial charge in [-0.2, -0.15) is 0 Å². The van der Waals surface area contributed by atoms with E-state index < -0.39 is 104 Å². The molecular formula is C27H37NO15. The van der Waals surface area contributed by atoms with Gasteiger partial charge in [0.05, 0.1) is 12.7 Å². The zero-order valence-electron chi connectivity index (χ0n) is 24.9. The fourth-order valence-electron chi connectivity index (χ4n) is 4.66. The fourth-order valence-corrected chi connectivity index (χ4v) is 4.66. The maximum atomic E-state index is 12.1. The van der Waals surface area contributed by atoms with Crippen molar-refractivity contribution in [3.63, 3.8) is 0 Å². The molecule has 2 fully saturated rings. The van der Waals surface area contributed by atoms with Gasteiger partial charge in [0.25, 0.3) is 0 Å². The number of nitrogens with one attached hydrogen (secondary N) is 1. The summed E-state index contributed by atoms with van der Waals surface area (Å²) in [6.07, 6.45) is -6.18. The smallest absolute Gasteiger partial charge is 0.303 e. The minimum Gasteiger partial charge on any atom is -0.456 e. The predicted molar refractivity (Wildman–Crippen MR) is 139 cm³/mol. The van der Waals surface area contributed by atoms with Crippen LogP contribution in [0.25, 0.3) is 0 Å². The number of ether oxygens (including phenoxy) is 9. The normalized spacial score (nSPS) is 31.9. The van der Waals surface area contributed by atoms with Crippen LogP contribution in [0.15, 0.2) is 0 Å². The first kappa shape index (κ1) is 35.4. The van der Waals surface area contributed by atoms with Crippen molar-refractivity contribution >= 4 is 35.8 Å². The Labute approximate surface area is 248 Å². The summed E-state index contributed by atoms with van der Waals surface area (Å²) in [6.45, 7) is 7.56. The third kappa shape index (κ3) is 10.5. The van der Waals surface area contributed by atoms with Crippen LogP contribution >= 0.6 is 0 Å². The van der Waals surface area contributed by atoms with Gasteiger partial charge in [0.2, 0.25) is 5.91 Å². The molecule has 0 spiro atoms. The zero-order chi connectivity index (χ0) is 32.4. The molecule has 2 aliphatic rings. The molecule has 2 aliphatic heterocycles. The number of hydrogen-bond donors (Lipinski definition) is 1. The van der Waals surface area contributed by atoms with Gasteiger partial charge in [0, 0.05) is 41.5 Å². The molecule has 1 amide bonds. The van der Waals surface area contributed by atoms with Crippen molar-refractivity contribution in [2.24, 2.45) is 0 Å². The number of carbonyl (C=O) groups excluding carboxylic acids is 6. The summed E-state index contributed by atoms with van der Waals surface area (Å²) >= 11 is 0. The van der Waals surface area contributed by atoms with Crippen LogP contribution in [0, 0.1) is 12.3 Å². The van der Waals surface area contributed by atoms with Crippen LogP contribution in [0.5, 0.6) is 0 Å². The van der Waals surface area contributed by atoms with E-state index >= 15 is 0 Å². The lowest BCUT2D eigenvalue weighted by molar-refractivity contribution is -0.320. The molecule has 0 aromatic heterocycles. The second kappa shape index (κ2) is 16.2. The average Bonchev–Trinajstić information content (AvgIpc) is 2.87. The van der Waals surface area contributed by atoms with Crippen LogP contribution in [0.4, 0.5) is 0 Å². The molecule has 240 valence electrons. The summed E-state index contributed by atoms with van der Waals surface area (Å²) in [5.74, 6) is -2.08. The third-order valence-electron chi connectivity index (χ3n) is 6.01. The van der Waals surface area contributed by atoms with Gasteiger partial charge in [-0.3, -0.25) is 28.8 Å². The van der Waals surface area contributed by atoms with Gasteiger partial charge >= 0.3 is 29.8 Å². The first-order valence-corrected chi connectivity index (χ1v) is 13.2. The van der Waals surface area contributed by atoms with Gasteiger partial charge in [-0.15, -0.1) is 6.42 Å². The van der Waals surface area contributed by atoms with E-state index in [4.69, 9.17) is 49.1 Å². The lowest BCUT2D eigenvalue weighted by atomic mass is 9.95. The highest BCUT2D eigenvalue weighted by Crippen LogP contribution is 2.32. The molecule has 0 radical (unpaired) electrons. The number of hydrogen-bond acceptors (Lipinski definition) is 15. The Morgan fingerprint density at radius 2 is 1.14 bits per heavy atom. The quantitative estimate of drug-likeness (QED) is 0.174. The lowest BCUT2D eigenvalue weighted by Crippen LogP contribution is -2.67. The van der Waals surface area contributed by atoms with Crippen molar-refractivity contribution in [2.75, 3.05) is 13.2 Å². The maximum Gasteiger partial charge on any atom is 0.303 e. The van der Waals surface area contributed by atoms with E-state index in [0.29, 0.717) is 0 Å². The summed E-state index contributed by atoms with van der Waals surface area (Å²) in [6, 6.07) is -1.16. The molecule has 10 atom stereocenters. The fraction of sp³-hybridized carbons (Fsp3) is 0.704. The molecule has 1 N–H and O–H groups in total. The molecule has 0 aliphatic carbocycles. The van der Waals surface area contributed by atoms with Crippen LogP contribution in [-0.2, 0) is 71.4 Å². The molecule has 16 heteroatoms. The van der Waals surface area contributed by atoms with Crippen LogP contribution in [0.1, 0.15) is 48.5 Å². The summed E-state index contributed by atoms with van der Waals surface area (Å²) < 4.78 is 50.3. The van der Waals surface area contributed by atoms with Crippen LogP contribution in [-0.4, -0.2) is 110 Å². The highest BCUT2D eigenvalue weighted by molar-refractivity contribution is 5.73. The number of esters is 5. The summed E-state index contributed by atoms with van der Waals surface area (Å²) in [4.78, 5) is 71.9. The van der Waals surface area contributed by atoms with E-state index in [1.54, 1.807) is 0 Å². The number of rotatable bonds is 11. The van der Waals surface area contributed by atoms with Gasteiger partial charge in [-0.05, 0) is 6.92 Å². The molecule has 43 heavy (non-hydrogen) atoms. The van der Waals surface area contributed by atoms with Crippen molar-refractivity contribution in [1.82, 2.24) is 5.32 Å². The largest absolute Gasteiger partial charge is 0.456 e. The second-order valence-corrected chi connectivity index (χ2v) is 9.70. The zero-order valence-corrected chi connectivity index (χ0v) is 24.9. The second-order valence-electron chi connectivity index (χ2n) is 9.70. The Morgan fingerprint density at radius 3 is 1.65 bits per heavy atom. The van der Waals surface area contributed by atoms with E-state index in [1.807, 2.05) is 0 Å². The SMILES string of the molecule is C#CCO[C@@H]1O[C@H](CO[C@@H]2O[C@@H](C)[C@@H](OC(C)=O)[C@@H](OC(C)=O)[C@@H]2OC(C)=O)[C@@H](OC(C)=O)[C@H](OC(C)=O)[C@H]1NC(C)=O. The number of terminal acetylenes is 1. The van der Waals surface area contributed by atoms with E-state index in [2.05, 4.69) is 11.2 Å². The highest BCUT2D eigenvalue weighted by Gasteiger charge is 2.54. The van der Waals surface area contributed by atoms with Gasteiger partial charge in [-0.1, -0.05) is 5.92 Å². The van der Waals surface area contributed by atoms with E-state index in [9.17, 15) is 28.8 Å². The third-order valence-corrected chi connectivity index (χ3v) is 6.01. The van der Waals surface area contributed by atoms with Gasteiger partial charge in [0.15, 0.2) is 43.1 Å². The summed E-state index contributed by atoms with van der Waals surface area (Å²) in [5, 5.41) is 2.57. The summed E-state index contributed by atoms with van der Waals surface area (Å²) in [7, 11) is 0. The predicted octanol–water partition coefficient (Wildman–Crippen LogP) is -0.714. The molecule has 2 saturated heterocycles. The van der Waals surface area contributed by atoms with Crippen molar-refractivity contribution in [1.29, 1.82) is 0 Å². The Kier molecular flexibility index (Phi) is 13.3. The molecule has 2 rings (SSSR count). The van der Waals surface area contributed by atoms with Gasteiger partial charge in [-0.25, -0.2) is 0 Å². The van der Waals surface area contributed by atoms with Crippen LogP contribution in [0.2, 0.25) is 0 Å². The van der Waals surface area contributed by atoms with Crippen molar-refractivity contribution in [2.45, 2.75) is 110 Å². The Hall–Kier alpha value is -3.78. The Bertz CT molecular complexity index is 1090. The Morgan fingerprint density at radius 1 is 0.651 bits per heavy atom. The maximum absolute atomic E-state index is 12.1. The highest BCUT2D eigenvalue weighted by atomic mass is 16.7. The van der Waals surface area contributed by atoms with E-state index in [-0.39, 0.29) is 6.61 Å². The topological polar surface area (TPSA) is 198 Å². The van der Waals surface area contributed by atoms with E-state index in [0.717, 1.165) is 34.6 Å². The molecule has 0 saturated carbocycles. The molecule has 2 heterocycles. The molecule has 0 aromatic rings. The monoisotopic (exact) mass is 615 g/mol. The minimum atomic E-state index is -1.43. The van der Waals surface area contributed by atoms with Crippen LogP contribution in [0.3, 0.4) is 0 Å². The summed E-state index contributed by atoms with van der Waals surface area (Å²) in [5.41, 5.74) is 0. The van der Waals surface area contributed by atoms with E-state index in [1.165, 1.54) is 13.8 Å². The average molecular weight is 616 g/mol. The molecule has 16 nitrogen and oxygen atoms in total. The first-order chi connectivity index (χ1) is 20.1. The lowest BCUT2D eigenvalue weighted by Gasteiger charge is -2.46. The minimum absolute atomic E-state index is 0.265. The number of amides is 1. The number of carbonyl (C=O) groups is 6. The van der Waals surface area contributed by atoms with Gasteiger partial charge in [0.1, 0.15) is 18.8 Å². The molecule has 0 aromatic carbocycles. The van der Waals surface area contributed by atoms with Crippen LogP contribution < -0.4 is 5.32 Å². The Balaban J connectivity index is 2.46. The first-order valence-electron chi connectivity index (χ1n) is 13.2. The molecule has 0 bridgehead atoms. The molecule has 0 unspecified atom stereocenters.